The monoisotopic (exact) mass is 472 g/mol. The highest BCUT2D eigenvalue weighted by Crippen LogP contribution is 2.26. The lowest BCUT2D eigenvalue weighted by Crippen LogP contribution is -2.49. The Hall–Kier alpha value is -3.04. The fraction of sp³-hybridized carbons (Fsp3) is 0.375. The Morgan fingerprint density at radius 2 is 1.70 bits per heavy atom. The standard InChI is InChI=1S/C24H28N2O6S/c1-16(2)12-23(28)25-20-10-8-17(9-11-20)22(27)15-32-24(29)21-13-18-6-4-5-7-19(18)14-26(21)33(3,30)31/h4-11,16,21H,12-15H2,1-3H3,(H,25,28)/t21-/m1/s1. The fourth-order valence-corrected chi connectivity index (χ4v) is 4.68. The summed E-state index contributed by atoms with van der Waals surface area (Å²) in [5, 5.41) is 2.76. The number of nitrogens with one attached hydrogen (secondary N) is 1. The lowest BCUT2D eigenvalue weighted by molar-refractivity contribution is -0.147. The first-order valence-electron chi connectivity index (χ1n) is 10.7. The molecule has 0 aromatic heterocycles. The van der Waals surface area contributed by atoms with Gasteiger partial charge in [-0.25, -0.2) is 8.42 Å². The van der Waals surface area contributed by atoms with E-state index in [0.29, 0.717) is 17.7 Å². The van der Waals surface area contributed by atoms with Crippen LogP contribution in [0.3, 0.4) is 0 Å². The summed E-state index contributed by atoms with van der Waals surface area (Å²) in [6.45, 7) is 3.47. The number of Topliss-reactive ketones (excluding diaryl/α,β-unsaturated/α-hetero) is 1. The number of carbonyl (C=O) groups is 3. The maximum Gasteiger partial charge on any atom is 0.325 e. The number of fused-ring (bicyclic) bond motifs is 1. The second kappa shape index (κ2) is 10.3. The summed E-state index contributed by atoms with van der Waals surface area (Å²) in [6.07, 6.45) is 1.63. The summed E-state index contributed by atoms with van der Waals surface area (Å²) in [7, 11) is -3.66. The number of ether oxygens (including phenoxy) is 1. The van der Waals surface area contributed by atoms with E-state index in [4.69, 9.17) is 4.74 Å². The second-order valence-corrected chi connectivity index (χ2v) is 10.5. The highest BCUT2D eigenvalue weighted by atomic mass is 32.2. The molecule has 1 atom stereocenters. The predicted molar refractivity (Wildman–Crippen MR) is 124 cm³/mol. The number of esters is 1. The third-order valence-corrected chi connectivity index (χ3v) is 6.57. The molecule has 1 aliphatic rings. The Morgan fingerprint density at radius 3 is 2.30 bits per heavy atom. The molecule has 8 nitrogen and oxygen atoms in total. The van der Waals surface area contributed by atoms with E-state index >= 15 is 0 Å². The second-order valence-electron chi connectivity index (χ2n) is 8.55. The van der Waals surface area contributed by atoms with Crippen LogP contribution in [0.4, 0.5) is 5.69 Å². The van der Waals surface area contributed by atoms with Crippen molar-refractivity contribution in [1.29, 1.82) is 0 Å². The number of anilines is 1. The number of carbonyl (C=O) groups excluding carboxylic acids is 3. The smallest absolute Gasteiger partial charge is 0.325 e. The molecule has 176 valence electrons. The maximum absolute atomic E-state index is 12.7. The SMILES string of the molecule is CC(C)CC(=O)Nc1ccc(C(=O)COC(=O)[C@H]2Cc3ccccc3CN2S(C)(=O)=O)cc1. The Balaban J connectivity index is 1.62. The van der Waals surface area contributed by atoms with Crippen LogP contribution in [0.15, 0.2) is 48.5 Å². The summed E-state index contributed by atoms with van der Waals surface area (Å²) in [5.41, 5.74) is 2.60. The van der Waals surface area contributed by atoms with Crippen molar-refractivity contribution in [3.63, 3.8) is 0 Å². The average Bonchev–Trinajstić information content (AvgIpc) is 2.75. The lowest BCUT2D eigenvalue weighted by atomic mass is 9.96. The van der Waals surface area contributed by atoms with Crippen LogP contribution in [0.2, 0.25) is 0 Å². The Bertz CT molecular complexity index is 1140. The van der Waals surface area contributed by atoms with Crippen LogP contribution in [-0.4, -0.2) is 49.3 Å². The van der Waals surface area contributed by atoms with Gasteiger partial charge in [-0.15, -0.1) is 0 Å². The molecule has 1 aliphatic heterocycles. The van der Waals surface area contributed by atoms with Crippen molar-refractivity contribution in [3.8, 4) is 0 Å². The molecule has 2 aromatic rings. The molecule has 0 radical (unpaired) electrons. The Labute approximate surface area is 194 Å². The normalized spacial score (nSPS) is 16.2. The Kier molecular flexibility index (Phi) is 7.65. The average molecular weight is 473 g/mol. The van der Waals surface area contributed by atoms with Gasteiger partial charge in [0.25, 0.3) is 0 Å². The van der Waals surface area contributed by atoms with Crippen LogP contribution >= 0.6 is 0 Å². The minimum absolute atomic E-state index is 0.0761. The predicted octanol–water partition coefficient (Wildman–Crippen LogP) is 2.78. The Morgan fingerprint density at radius 1 is 1.06 bits per heavy atom. The number of benzene rings is 2. The van der Waals surface area contributed by atoms with Crippen LogP contribution in [0.5, 0.6) is 0 Å². The first-order valence-corrected chi connectivity index (χ1v) is 12.5. The van der Waals surface area contributed by atoms with Gasteiger partial charge in [-0.2, -0.15) is 4.31 Å². The van der Waals surface area contributed by atoms with Crippen LogP contribution in [0.25, 0.3) is 0 Å². The van der Waals surface area contributed by atoms with Crippen molar-refractivity contribution >= 4 is 33.4 Å². The molecule has 0 aliphatic carbocycles. The molecule has 1 amide bonds. The zero-order valence-corrected chi connectivity index (χ0v) is 19.7. The molecular weight excluding hydrogens is 444 g/mol. The van der Waals surface area contributed by atoms with E-state index in [1.54, 1.807) is 24.3 Å². The number of hydrogen-bond donors (Lipinski definition) is 1. The summed E-state index contributed by atoms with van der Waals surface area (Å²) in [6, 6.07) is 12.6. The molecule has 9 heteroatoms. The topological polar surface area (TPSA) is 110 Å². The summed E-state index contributed by atoms with van der Waals surface area (Å²) < 4.78 is 30.8. The van der Waals surface area contributed by atoms with E-state index in [2.05, 4.69) is 5.32 Å². The molecule has 0 fully saturated rings. The van der Waals surface area contributed by atoms with Crippen LogP contribution < -0.4 is 5.32 Å². The van der Waals surface area contributed by atoms with Gasteiger partial charge in [0.15, 0.2) is 12.4 Å². The van der Waals surface area contributed by atoms with Crippen molar-refractivity contribution in [2.75, 3.05) is 18.2 Å². The van der Waals surface area contributed by atoms with E-state index in [-0.39, 0.29) is 24.8 Å². The van der Waals surface area contributed by atoms with E-state index < -0.39 is 34.4 Å². The minimum Gasteiger partial charge on any atom is -0.456 e. The summed E-state index contributed by atoms with van der Waals surface area (Å²) in [5.74, 6) is -1.06. The van der Waals surface area contributed by atoms with Gasteiger partial charge in [0, 0.05) is 30.6 Å². The van der Waals surface area contributed by atoms with Crippen LogP contribution in [0.1, 0.15) is 41.8 Å². The van der Waals surface area contributed by atoms with Gasteiger partial charge < -0.3 is 10.1 Å². The van der Waals surface area contributed by atoms with Crippen molar-refractivity contribution < 1.29 is 27.5 Å². The third kappa shape index (κ3) is 6.49. The van der Waals surface area contributed by atoms with Gasteiger partial charge in [0.1, 0.15) is 6.04 Å². The number of sulfonamides is 1. The molecule has 0 unspecified atom stereocenters. The van der Waals surface area contributed by atoms with Gasteiger partial charge in [0.2, 0.25) is 15.9 Å². The van der Waals surface area contributed by atoms with Gasteiger partial charge in [-0.3, -0.25) is 14.4 Å². The van der Waals surface area contributed by atoms with Crippen molar-refractivity contribution in [1.82, 2.24) is 4.31 Å². The molecule has 3 rings (SSSR count). The fourth-order valence-electron chi connectivity index (χ4n) is 3.69. The van der Waals surface area contributed by atoms with E-state index in [9.17, 15) is 22.8 Å². The highest BCUT2D eigenvalue weighted by Gasteiger charge is 2.38. The zero-order valence-electron chi connectivity index (χ0n) is 18.9. The minimum atomic E-state index is -3.66. The zero-order chi connectivity index (χ0) is 24.2. The molecule has 0 spiro atoms. The van der Waals surface area contributed by atoms with Gasteiger partial charge in [-0.1, -0.05) is 38.1 Å². The van der Waals surface area contributed by atoms with Crippen molar-refractivity contribution in [2.45, 2.75) is 39.3 Å². The quantitative estimate of drug-likeness (QED) is 0.467. The highest BCUT2D eigenvalue weighted by molar-refractivity contribution is 7.88. The van der Waals surface area contributed by atoms with E-state index in [1.165, 1.54) is 0 Å². The summed E-state index contributed by atoms with van der Waals surface area (Å²) in [4.78, 5) is 37.1. The molecule has 33 heavy (non-hydrogen) atoms. The van der Waals surface area contributed by atoms with E-state index in [1.807, 2.05) is 38.1 Å². The van der Waals surface area contributed by atoms with Crippen LogP contribution in [0, 0.1) is 5.92 Å². The first kappa shape index (κ1) is 24.6. The van der Waals surface area contributed by atoms with Crippen molar-refractivity contribution in [3.05, 3.63) is 65.2 Å². The van der Waals surface area contributed by atoms with Gasteiger partial charge in [-0.05, 0) is 41.3 Å². The molecule has 0 saturated carbocycles. The number of nitrogens with zero attached hydrogens (tertiary/aromatic N) is 1. The number of hydrogen-bond acceptors (Lipinski definition) is 6. The summed E-state index contributed by atoms with van der Waals surface area (Å²) >= 11 is 0. The molecule has 1 N–H and O–H groups in total. The maximum atomic E-state index is 12.7. The molecule has 1 heterocycles. The largest absolute Gasteiger partial charge is 0.456 e. The molecule has 0 saturated heterocycles. The first-order chi connectivity index (χ1) is 15.5. The molecule has 2 aromatic carbocycles. The van der Waals surface area contributed by atoms with Crippen LogP contribution in [-0.2, 0) is 37.3 Å². The number of ketones is 1. The number of rotatable bonds is 8. The van der Waals surface area contributed by atoms with Gasteiger partial charge in [0.05, 0.1) is 6.26 Å². The van der Waals surface area contributed by atoms with Gasteiger partial charge >= 0.3 is 5.97 Å². The third-order valence-electron chi connectivity index (χ3n) is 5.33. The molecule has 0 bridgehead atoms. The van der Waals surface area contributed by atoms with Crippen molar-refractivity contribution in [2.24, 2.45) is 5.92 Å². The lowest BCUT2D eigenvalue weighted by Gasteiger charge is -2.33. The number of amides is 1. The van der Waals surface area contributed by atoms with E-state index in [0.717, 1.165) is 21.7 Å². The molecular formula is C24H28N2O6S.